The Bertz CT molecular complexity index is 524. The van der Waals surface area contributed by atoms with Crippen molar-refractivity contribution in [3.05, 3.63) is 50.9 Å². The highest BCUT2D eigenvalue weighted by atomic mass is 35.5. The number of thiophene rings is 1. The van der Waals surface area contributed by atoms with Crippen LogP contribution in [0.1, 0.15) is 24.1 Å². The first-order valence-electron chi connectivity index (χ1n) is 5.33. The maximum atomic E-state index is 13.4. The summed E-state index contributed by atoms with van der Waals surface area (Å²) in [5, 5.41) is 5.30. The average molecular weight is 270 g/mol. The van der Waals surface area contributed by atoms with Gasteiger partial charge < -0.3 is 5.32 Å². The lowest BCUT2D eigenvalue weighted by molar-refractivity contribution is 0.618. The van der Waals surface area contributed by atoms with E-state index >= 15 is 0 Å². The van der Waals surface area contributed by atoms with Gasteiger partial charge >= 0.3 is 0 Å². The molecule has 0 aliphatic rings. The molecule has 0 bridgehead atoms. The van der Waals surface area contributed by atoms with Gasteiger partial charge in [-0.1, -0.05) is 17.7 Å². The van der Waals surface area contributed by atoms with Gasteiger partial charge in [0.2, 0.25) is 0 Å². The highest BCUT2D eigenvalue weighted by Gasteiger charge is 2.10. The molecule has 0 amide bonds. The minimum atomic E-state index is -0.189. The van der Waals surface area contributed by atoms with Gasteiger partial charge in [-0.05, 0) is 43.0 Å². The number of anilines is 1. The van der Waals surface area contributed by atoms with Gasteiger partial charge in [-0.25, -0.2) is 4.39 Å². The minimum Gasteiger partial charge on any atom is -0.378 e. The van der Waals surface area contributed by atoms with Crippen LogP contribution in [0.15, 0.2) is 29.6 Å². The molecule has 90 valence electrons. The Morgan fingerprint density at radius 3 is 2.82 bits per heavy atom. The van der Waals surface area contributed by atoms with Gasteiger partial charge in [-0.15, -0.1) is 11.3 Å². The summed E-state index contributed by atoms with van der Waals surface area (Å²) in [5.41, 5.74) is 2.57. The molecule has 2 aromatic rings. The lowest BCUT2D eigenvalue weighted by Crippen LogP contribution is -2.07. The number of benzene rings is 1. The monoisotopic (exact) mass is 269 g/mol. The molecule has 0 saturated heterocycles. The molecule has 0 spiro atoms. The molecule has 1 heterocycles. The lowest BCUT2D eigenvalue weighted by atomic mass is 10.1. The van der Waals surface area contributed by atoms with E-state index in [1.807, 2.05) is 24.4 Å². The van der Waals surface area contributed by atoms with Crippen molar-refractivity contribution in [1.82, 2.24) is 0 Å². The highest BCUT2D eigenvalue weighted by molar-refractivity contribution is 7.14. The Morgan fingerprint density at radius 2 is 2.18 bits per heavy atom. The third-order valence-corrected chi connectivity index (χ3v) is 3.84. The van der Waals surface area contributed by atoms with E-state index in [1.54, 1.807) is 13.0 Å². The van der Waals surface area contributed by atoms with Crippen LogP contribution in [0.25, 0.3) is 0 Å². The summed E-state index contributed by atoms with van der Waals surface area (Å²) >= 11 is 7.40. The number of hydrogen-bond acceptors (Lipinski definition) is 2. The molecule has 1 atom stereocenters. The van der Waals surface area contributed by atoms with E-state index in [9.17, 15) is 4.39 Å². The van der Waals surface area contributed by atoms with Crippen molar-refractivity contribution in [2.24, 2.45) is 0 Å². The van der Waals surface area contributed by atoms with Crippen molar-refractivity contribution < 1.29 is 4.39 Å². The molecule has 0 radical (unpaired) electrons. The van der Waals surface area contributed by atoms with Crippen molar-refractivity contribution >= 4 is 28.6 Å². The van der Waals surface area contributed by atoms with Gasteiger partial charge in [0.15, 0.2) is 0 Å². The second kappa shape index (κ2) is 5.07. The molecule has 0 aliphatic carbocycles. The highest BCUT2D eigenvalue weighted by Crippen LogP contribution is 2.28. The molecular weight excluding hydrogens is 257 g/mol. The summed E-state index contributed by atoms with van der Waals surface area (Å²) in [6.07, 6.45) is 0. The summed E-state index contributed by atoms with van der Waals surface area (Å²) in [5.74, 6) is -0.189. The predicted molar refractivity (Wildman–Crippen MR) is 72.5 cm³/mol. The molecule has 1 nitrogen and oxygen atoms in total. The number of rotatable bonds is 3. The Labute approximate surface area is 109 Å². The van der Waals surface area contributed by atoms with Crippen LogP contribution >= 0.6 is 22.9 Å². The zero-order chi connectivity index (χ0) is 12.4. The summed E-state index contributed by atoms with van der Waals surface area (Å²) in [6.45, 7) is 3.80. The third-order valence-electron chi connectivity index (χ3n) is 2.73. The van der Waals surface area contributed by atoms with E-state index in [4.69, 9.17) is 11.6 Å². The standard InChI is InChI=1S/C13H13ClFNS/c1-8-11(15)4-3-5-12(8)16-9(2)10-6-13(14)17-7-10/h3-7,9,16H,1-2H3. The maximum Gasteiger partial charge on any atom is 0.128 e. The summed E-state index contributed by atoms with van der Waals surface area (Å²) in [4.78, 5) is 0. The van der Waals surface area contributed by atoms with E-state index in [0.29, 0.717) is 5.56 Å². The average Bonchev–Trinajstić information content (AvgIpc) is 2.72. The van der Waals surface area contributed by atoms with Crippen LogP contribution in [0, 0.1) is 12.7 Å². The SMILES string of the molecule is Cc1c(F)cccc1NC(C)c1csc(Cl)c1. The van der Waals surface area contributed by atoms with Crippen molar-refractivity contribution in [2.75, 3.05) is 5.32 Å². The summed E-state index contributed by atoms with van der Waals surface area (Å²) in [6, 6.07) is 7.09. The summed E-state index contributed by atoms with van der Waals surface area (Å²) in [7, 11) is 0. The van der Waals surface area contributed by atoms with E-state index in [-0.39, 0.29) is 11.9 Å². The summed E-state index contributed by atoms with van der Waals surface area (Å²) < 4.78 is 14.1. The molecule has 1 aromatic carbocycles. The number of nitrogens with one attached hydrogen (secondary N) is 1. The van der Waals surface area contributed by atoms with Gasteiger partial charge in [0.1, 0.15) is 5.82 Å². The Balaban J connectivity index is 2.18. The van der Waals surface area contributed by atoms with Crippen LogP contribution in [0.4, 0.5) is 10.1 Å². The fraction of sp³-hybridized carbons (Fsp3) is 0.231. The van der Waals surface area contributed by atoms with Gasteiger partial charge in [0.25, 0.3) is 0 Å². The molecular formula is C13H13ClFNS. The Morgan fingerprint density at radius 1 is 1.41 bits per heavy atom. The quantitative estimate of drug-likeness (QED) is 0.825. The first-order valence-corrected chi connectivity index (χ1v) is 6.59. The third kappa shape index (κ3) is 2.79. The van der Waals surface area contributed by atoms with Crippen LogP contribution < -0.4 is 5.32 Å². The van der Waals surface area contributed by atoms with Crippen molar-refractivity contribution in [1.29, 1.82) is 0 Å². The zero-order valence-corrected chi connectivity index (χ0v) is 11.2. The lowest BCUT2D eigenvalue weighted by Gasteiger charge is -2.16. The van der Waals surface area contributed by atoms with Crippen LogP contribution in [-0.2, 0) is 0 Å². The molecule has 17 heavy (non-hydrogen) atoms. The fourth-order valence-electron chi connectivity index (χ4n) is 1.63. The first kappa shape index (κ1) is 12.4. The molecule has 0 aliphatic heterocycles. The number of hydrogen-bond donors (Lipinski definition) is 1. The number of halogens is 2. The molecule has 1 N–H and O–H groups in total. The largest absolute Gasteiger partial charge is 0.378 e. The van der Waals surface area contributed by atoms with Crippen molar-refractivity contribution in [3.63, 3.8) is 0 Å². The van der Waals surface area contributed by atoms with E-state index in [2.05, 4.69) is 5.32 Å². The van der Waals surface area contributed by atoms with Gasteiger partial charge in [-0.3, -0.25) is 0 Å². The Hall–Kier alpha value is -1.06. The predicted octanol–water partition coefficient (Wildman–Crippen LogP) is 5.02. The van der Waals surface area contributed by atoms with Gasteiger partial charge in [0.05, 0.1) is 4.34 Å². The second-order valence-electron chi connectivity index (χ2n) is 3.96. The normalized spacial score (nSPS) is 12.5. The molecule has 0 saturated carbocycles. The minimum absolute atomic E-state index is 0.110. The molecule has 0 fully saturated rings. The maximum absolute atomic E-state index is 13.4. The Kier molecular flexibility index (Phi) is 3.69. The molecule has 2 rings (SSSR count). The van der Waals surface area contributed by atoms with E-state index < -0.39 is 0 Å². The van der Waals surface area contributed by atoms with Crippen LogP contribution in [0.2, 0.25) is 4.34 Å². The molecule has 1 unspecified atom stereocenters. The van der Waals surface area contributed by atoms with Crippen LogP contribution in [0.5, 0.6) is 0 Å². The first-order chi connectivity index (χ1) is 8.08. The van der Waals surface area contributed by atoms with E-state index in [1.165, 1.54) is 17.4 Å². The molecule has 1 aromatic heterocycles. The van der Waals surface area contributed by atoms with Crippen LogP contribution in [-0.4, -0.2) is 0 Å². The van der Waals surface area contributed by atoms with Gasteiger partial charge in [-0.2, -0.15) is 0 Å². The topological polar surface area (TPSA) is 12.0 Å². The second-order valence-corrected chi connectivity index (χ2v) is 5.51. The van der Waals surface area contributed by atoms with Crippen LogP contribution in [0.3, 0.4) is 0 Å². The fourth-order valence-corrected chi connectivity index (χ4v) is 2.62. The van der Waals surface area contributed by atoms with Crippen molar-refractivity contribution in [2.45, 2.75) is 19.9 Å². The van der Waals surface area contributed by atoms with E-state index in [0.717, 1.165) is 15.6 Å². The smallest absolute Gasteiger partial charge is 0.128 e. The van der Waals surface area contributed by atoms with Gasteiger partial charge in [0, 0.05) is 17.3 Å². The zero-order valence-electron chi connectivity index (χ0n) is 9.63. The van der Waals surface area contributed by atoms with Crippen molar-refractivity contribution in [3.8, 4) is 0 Å². The molecule has 4 heteroatoms.